The number of halogens is 1. The Balaban J connectivity index is 2.53. The maximum Gasteiger partial charge on any atom is 0.151 e. The summed E-state index contributed by atoms with van der Waals surface area (Å²) in [5.41, 5.74) is 1.86. The van der Waals surface area contributed by atoms with E-state index in [1.54, 1.807) is 13.0 Å². The Morgan fingerprint density at radius 3 is 2.62 bits per heavy atom. The normalized spacial score (nSPS) is 11.4. The molecule has 1 aromatic rings. The van der Waals surface area contributed by atoms with Gasteiger partial charge in [-0.2, -0.15) is 0 Å². The Labute approximate surface area is 102 Å². The maximum absolute atomic E-state index is 11.2. The molecule has 0 spiro atoms. The summed E-state index contributed by atoms with van der Waals surface area (Å²) in [6, 6.07) is 5.59. The lowest BCUT2D eigenvalue weighted by Gasteiger charge is -2.07. The maximum atomic E-state index is 11.2. The smallest absolute Gasteiger partial charge is 0.151 e. The van der Waals surface area contributed by atoms with E-state index in [1.165, 1.54) is 0 Å². The molecule has 90 valence electrons. The average molecular weight is 262 g/mol. The van der Waals surface area contributed by atoms with Crippen molar-refractivity contribution in [3.05, 3.63) is 28.8 Å². The molecule has 5 heteroatoms. The second kappa shape index (κ2) is 5.55. The molecule has 0 heterocycles. The molecule has 0 aromatic heterocycles. The molecule has 0 aliphatic heterocycles. The van der Waals surface area contributed by atoms with Crippen LogP contribution in [0.15, 0.2) is 18.2 Å². The zero-order valence-electron chi connectivity index (χ0n) is 9.46. The van der Waals surface area contributed by atoms with Crippen molar-refractivity contribution >= 4 is 27.1 Å². The molecule has 0 saturated heterocycles. The molecule has 0 saturated carbocycles. The van der Waals surface area contributed by atoms with Gasteiger partial charge in [0, 0.05) is 23.0 Å². The number of benzene rings is 1. The Bertz CT molecular complexity index is 457. The van der Waals surface area contributed by atoms with Gasteiger partial charge in [-0.3, -0.25) is 0 Å². The monoisotopic (exact) mass is 261 g/mol. The van der Waals surface area contributed by atoms with E-state index in [4.69, 9.17) is 11.6 Å². The molecule has 0 radical (unpaired) electrons. The summed E-state index contributed by atoms with van der Waals surface area (Å²) in [5, 5.41) is 3.72. The van der Waals surface area contributed by atoms with Crippen LogP contribution in [0, 0.1) is 6.92 Å². The highest BCUT2D eigenvalue weighted by atomic mass is 35.5. The van der Waals surface area contributed by atoms with Gasteiger partial charge in [0.1, 0.15) is 0 Å². The molecule has 1 aromatic carbocycles. The van der Waals surface area contributed by atoms with Gasteiger partial charge in [-0.1, -0.05) is 24.6 Å². The van der Waals surface area contributed by atoms with Gasteiger partial charge >= 0.3 is 0 Å². The van der Waals surface area contributed by atoms with Gasteiger partial charge in [-0.15, -0.1) is 0 Å². The van der Waals surface area contributed by atoms with Crippen LogP contribution < -0.4 is 5.32 Å². The summed E-state index contributed by atoms with van der Waals surface area (Å²) in [5.74, 6) is 0.332. The quantitative estimate of drug-likeness (QED) is 0.886. The van der Waals surface area contributed by atoms with E-state index in [9.17, 15) is 8.42 Å². The highest BCUT2D eigenvalue weighted by Crippen LogP contribution is 2.19. The number of rotatable bonds is 5. The molecule has 0 aliphatic rings. The van der Waals surface area contributed by atoms with Crippen molar-refractivity contribution in [1.29, 1.82) is 0 Å². The lowest BCUT2D eigenvalue weighted by molar-refractivity contribution is 0.597. The van der Waals surface area contributed by atoms with Crippen LogP contribution in [0.4, 0.5) is 5.69 Å². The summed E-state index contributed by atoms with van der Waals surface area (Å²) >= 11 is 5.95. The summed E-state index contributed by atoms with van der Waals surface area (Å²) in [6.07, 6.45) is 0. The lowest BCUT2D eigenvalue weighted by atomic mass is 10.2. The van der Waals surface area contributed by atoms with E-state index in [-0.39, 0.29) is 11.5 Å². The summed E-state index contributed by atoms with van der Waals surface area (Å²) in [7, 11) is -2.90. The Kier molecular flexibility index (Phi) is 4.62. The van der Waals surface area contributed by atoms with Crippen LogP contribution >= 0.6 is 11.6 Å². The van der Waals surface area contributed by atoms with E-state index in [2.05, 4.69) is 5.32 Å². The highest BCUT2D eigenvalue weighted by molar-refractivity contribution is 7.91. The second-order valence-electron chi connectivity index (χ2n) is 3.63. The standard InChI is InChI=1S/C11H16ClNO2S/c1-3-16(14,15)7-6-13-10-5-4-9(2)11(12)8-10/h4-5,8,13H,3,6-7H2,1-2H3. The van der Waals surface area contributed by atoms with Crippen molar-refractivity contribution in [2.75, 3.05) is 23.4 Å². The van der Waals surface area contributed by atoms with Crippen molar-refractivity contribution in [1.82, 2.24) is 0 Å². The Morgan fingerprint density at radius 2 is 2.06 bits per heavy atom. The van der Waals surface area contributed by atoms with Crippen LogP contribution in [0.2, 0.25) is 5.02 Å². The van der Waals surface area contributed by atoms with Crippen LogP contribution in [0.3, 0.4) is 0 Å². The molecule has 0 atom stereocenters. The van der Waals surface area contributed by atoms with Gasteiger partial charge in [0.2, 0.25) is 0 Å². The van der Waals surface area contributed by atoms with Crippen LogP contribution in [-0.2, 0) is 9.84 Å². The summed E-state index contributed by atoms with van der Waals surface area (Å²) in [6.45, 7) is 3.99. The highest BCUT2D eigenvalue weighted by Gasteiger charge is 2.06. The number of anilines is 1. The molecule has 16 heavy (non-hydrogen) atoms. The second-order valence-corrected chi connectivity index (χ2v) is 6.51. The molecular weight excluding hydrogens is 246 g/mol. The van der Waals surface area contributed by atoms with Crippen LogP contribution in [0.5, 0.6) is 0 Å². The zero-order valence-corrected chi connectivity index (χ0v) is 11.0. The topological polar surface area (TPSA) is 46.2 Å². The number of sulfone groups is 1. The largest absolute Gasteiger partial charge is 0.384 e. The van der Waals surface area contributed by atoms with Crippen LogP contribution in [-0.4, -0.2) is 26.5 Å². The van der Waals surface area contributed by atoms with E-state index in [0.717, 1.165) is 11.3 Å². The molecule has 0 bridgehead atoms. The third-order valence-corrected chi connectivity index (χ3v) is 4.47. The summed E-state index contributed by atoms with van der Waals surface area (Å²) in [4.78, 5) is 0. The van der Waals surface area contributed by atoms with Gasteiger partial charge in [0.15, 0.2) is 9.84 Å². The van der Waals surface area contributed by atoms with Crippen molar-refractivity contribution in [2.45, 2.75) is 13.8 Å². The zero-order chi connectivity index (χ0) is 12.2. The molecule has 0 amide bonds. The minimum absolute atomic E-state index is 0.148. The van der Waals surface area contributed by atoms with E-state index in [0.29, 0.717) is 11.6 Å². The first-order valence-electron chi connectivity index (χ1n) is 5.15. The summed E-state index contributed by atoms with van der Waals surface area (Å²) < 4.78 is 22.5. The number of hydrogen-bond donors (Lipinski definition) is 1. The van der Waals surface area contributed by atoms with Crippen molar-refractivity contribution < 1.29 is 8.42 Å². The fourth-order valence-electron chi connectivity index (χ4n) is 1.20. The molecule has 3 nitrogen and oxygen atoms in total. The SMILES string of the molecule is CCS(=O)(=O)CCNc1ccc(C)c(Cl)c1. The van der Waals surface area contributed by atoms with E-state index < -0.39 is 9.84 Å². The number of aryl methyl sites for hydroxylation is 1. The molecule has 0 aliphatic carbocycles. The predicted octanol–water partition coefficient (Wildman–Crippen LogP) is 2.50. The van der Waals surface area contributed by atoms with E-state index >= 15 is 0 Å². The number of nitrogens with one attached hydrogen (secondary N) is 1. The van der Waals surface area contributed by atoms with Crippen molar-refractivity contribution in [3.8, 4) is 0 Å². The van der Waals surface area contributed by atoms with Gasteiger partial charge in [-0.05, 0) is 24.6 Å². The first kappa shape index (κ1) is 13.3. The van der Waals surface area contributed by atoms with Crippen molar-refractivity contribution in [3.63, 3.8) is 0 Å². The number of hydrogen-bond acceptors (Lipinski definition) is 3. The van der Waals surface area contributed by atoms with Gasteiger partial charge in [-0.25, -0.2) is 8.42 Å². The van der Waals surface area contributed by atoms with Gasteiger partial charge in [0.25, 0.3) is 0 Å². The third-order valence-electron chi connectivity index (χ3n) is 2.35. The van der Waals surface area contributed by atoms with Gasteiger partial charge in [0.05, 0.1) is 5.75 Å². The Morgan fingerprint density at radius 1 is 1.38 bits per heavy atom. The minimum atomic E-state index is -2.90. The molecule has 1 rings (SSSR count). The van der Waals surface area contributed by atoms with Crippen LogP contribution in [0.1, 0.15) is 12.5 Å². The average Bonchev–Trinajstić information content (AvgIpc) is 2.23. The van der Waals surface area contributed by atoms with Crippen molar-refractivity contribution in [2.24, 2.45) is 0 Å². The fraction of sp³-hybridized carbons (Fsp3) is 0.455. The molecule has 0 fully saturated rings. The molecule has 1 N–H and O–H groups in total. The third kappa shape index (κ3) is 4.02. The first-order valence-corrected chi connectivity index (χ1v) is 7.35. The molecule has 0 unspecified atom stereocenters. The minimum Gasteiger partial charge on any atom is -0.384 e. The Hall–Kier alpha value is -0.740. The molecular formula is C11H16ClNO2S. The fourth-order valence-corrected chi connectivity index (χ4v) is 2.08. The van der Waals surface area contributed by atoms with E-state index in [1.807, 2.05) is 19.1 Å². The first-order chi connectivity index (χ1) is 7.44. The van der Waals surface area contributed by atoms with Gasteiger partial charge < -0.3 is 5.32 Å². The predicted molar refractivity (Wildman–Crippen MR) is 69.0 cm³/mol. The lowest BCUT2D eigenvalue weighted by Crippen LogP contribution is -2.17. The van der Waals surface area contributed by atoms with Crippen LogP contribution in [0.25, 0.3) is 0 Å².